The lowest BCUT2D eigenvalue weighted by Gasteiger charge is -2.18. The van der Waals surface area contributed by atoms with Crippen LogP contribution in [0, 0.1) is 0 Å². The standard InChI is InChI=1S/C11H18N2O5/c1-3-17-10(15)4-5-12(2)8-9(14)13-6-7-18-11(13)16/h3-8H2,1-2H3. The first kappa shape index (κ1) is 14.4. The van der Waals surface area contributed by atoms with E-state index in [1.807, 2.05) is 0 Å². The van der Waals surface area contributed by atoms with Gasteiger partial charge in [0.2, 0.25) is 5.91 Å². The number of carbonyl (C=O) groups is 3. The van der Waals surface area contributed by atoms with Crippen molar-refractivity contribution in [2.45, 2.75) is 13.3 Å². The number of cyclic esters (lactones) is 1. The fraction of sp³-hybridized carbons (Fsp3) is 0.727. The van der Waals surface area contributed by atoms with Gasteiger partial charge < -0.3 is 9.47 Å². The molecule has 18 heavy (non-hydrogen) atoms. The zero-order chi connectivity index (χ0) is 13.5. The number of hydrogen-bond acceptors (Lipinski definition) is 6. The van der Waals surface area contributed by atoms with Gasteiger partial charge in [-0.05, 0) is 14.0 Å². The Morgan fingerprint density at radius 2 is 2.22 bits per heavy atom. The average molecular weight is 258 g/mol. The normalized spacial score (nSPS) is 14.8. The van der Waals surface area contributed by atoms with Crippen molar-refractivity contribution in [3.63, 3.8) is 0 Å². The van der Waals surface area contributed by atoms with Crippen LogP contribution in [0.15, 0.2) is 0 Å². The molecule has 0 saturated carbocycles. The zero-order valence-electron chi connectivity index (χ0n) is 10.7. The van der Waals surface area contributed by atoms with Crippen molar-refractivity contribution in [3.05, 3.63) is 0 Å². The van der Waals surface area contributed by atoms with Gasteiger partial charge in [-0.15, -0.1) is 0 Å². The first-order chi connectivity index (χ1) is 8.54. The topological polar surface area (TPSA) is 76.2 Å². The Balaban J connectivity index is 2.27. The van der Waals surface area contributed by atoms with E-state index in [4.69, 9.17) is 4.74 Å². The Hall–Kier alpha value is -1.63. The van der Waals surface area contributed by atoms with Crippen molar-refractivity contribution in [2.75, 3.05) is 39.9 Å². The summed E-state index contributed by atoms with van der Waals surface area (Å²) in [4.78, 5) is 36.7. The lowest BCUT2D eigenvalue weighted by Crippen LogP contribution is -2.40. The number of amides is 2. The molecule has 2 amide bonds. The highest BCUT2D eigenvalue weighted by Gasteiger charge is 2.28. The molecule has 0 bridgehead atoms. The number of likely N-dealkylation sites (N-methyl/N-ethyl adjacent to an activating group) is 1. The SMILES string of the molecule is CCOC(=O)CCN(C)CC(=O)N1CCOC1=O. The first-order valence-electron chi connectivity index (χ1n) is 5.86. The summed E-state index contributed by atoms with van der Waals surface area (Å²) in [7, 11) is 1.71. The molecular formula is C11H18N2O5. The number of hydrogen-bond donors (Lipinski definition) is 0. The maximum atomic E-state index is 11.7. The number of nitrogens with zero attached hydrogens (tertiary/aromatic N) is 2. The number of rotatable bonds is 6. The predicted octanol–water partition coefficient (Wildman–Crippen LogP) is -0.150. The van der Waals surface area contributed by atoms with E-state index in [9.17, 15) is 14.4 Å². The molecule has 0 aromatic heterocycles. The predicted molar refractivity (Wildman–Crippen MR) is 61.8 cm³/mol. The van der Waals surface area contributed by atoms with Crippen LogP contribution in [-0.4, -0.2) is 67.7 Å². The number of ether oxygens (including phenoxy) is 2. The number of carbonyl (C=O) groups excluding carboxylic acids is 3. The molecule has 1 heterocycles. The molecule has 102 valence electrons. The molecule has 0 radical (unpaired) electrons. The second-order valence-corrected chi connectivity index (χ2v) is 3.95. The van der Waals surface area contributed by atoms with Gasteiger partial charge in [-0.3, -0.25) is 14.5 Å². The average Bonchev–Trinajstić information content (AvgIpc) is 2.73. The van der Waals surface area contributed by atoms with E-state index in [2.05, 4.69) is 4.74 Å². The van der Waals surface area contributed by atoms with E-state index in [0.29, 0.717) is 19.7 Å². The molecule has 0 aromatic rings. The van der Waals surface area contributed by atoms with E-state index in [0.717, 1.165) is 4.90 Å². The van der Waals surface area contributed by atoms with Gasteiger partial charge in [0.15, 0.2) is 0 Å². The molecule has 0 atom stereocenters. The Morgan fingerprint density at radius 3 is 2.78 bits per heavy atom. The highest BCUT2D eigenvalue weighted by atomic mass is 16.6. The molecule has 1 fully saturated rings. The van der Waals surface area contributed by atoms with Crippen LogP contribution in [-0.2, 0) is 19.1 Å². The minimum Gasteiger partial charge on any atom is -0.466 e. The van der Waals surface area contributed by atoms with Crippen molar-refractivity contribution in [1.82, 2.24) is 9.80 Å². The number of esters is 1. The highest BCUT2D eigenvalue weighted by Crippen LogP contribution is 2.04. The smallest absolute Gasteiger partial charge is 0.416 e. The van der Waals surface area contributed by atoms with Crippen LogP contribution < -0.4 is 0 Å². The van der Waals surface area contributed by atoms with Crippen molar-refractivity contribution in [1.29, 1.82) is 0 Å². The van der Waals surface area contributed by atoms with Crippen LogP contribution in [0.25, 0.3) is 0 Å². The summed E-state index contributed by atoms with van der Waals surface area (Å²) in [5, 5.41) is 0. The summed E-state index contributed by atoms with van der Waals surface area (Å²) in [6.07, 6.45) is -0.374. The molecule has 0 aromatic carbocycles. The zero-order valence-corrected chi connectivity index (χ0v) is 10.7. The summed E-state index contributed by atoms with van der Waals surface area (Å²) in [6, 6.07) is 0. The second-order valence-electron chi connectivity index (χ2n) is 3.95. The molecule has 1 rings (SSSR count). The lowest BCUT2D eigenvalue weighted by molar-refractivity contribution is -0.143. The van der Waals surface area contributed by atoms with E-state index in [1.165, 1.54) is 0 Å². The highest BCUT2D eigenvalue weighted by molar-refractivity contribution is 5.94. The van der Waals surface area contributed by atoms with Crippen LogP contribution in [0.2, 0.25) is 0 Å². The third kappa shape index (κ3) is 4.33. The van der Waals surface area contributed by atoms with E-state index < -0.39 is 6.09 Å². The van der Waals surface area contributed by atoms with Gasteiger partial charge in [-0.2, -0.15) is 0 Å². The van der Waals surface area contributed by atoms with E-state index in [-0.39, 0.29) is 31.4 Å². The first-order valence-corrected chi connectivity index (χ1v) is 5.86. The van der Waals surface area contributed by atoms with Crippen molar-refractivity contribution in [2.24, 2.45) is 0 Å². The second kappa shape index (κ2) is 6.95. The number of imide groups is 1. The maximum absolute atomic E-state index is 11.7. The molecule has 0 unspecified atom stereocenters. The summed E-state index contributed by atoms with van der Waals surface area (Å²) in [5.74, 6) is -0.610. The molecule has 7 heteroatoms. The van der Waals surface area contributed by atoms with Crippen LogP contribution in [0.3, 0.4) is 0 Å². The van der Waals surface area contributed by atoms with Gasteiger partial charge in [0.05, 0.1) is 26.1 Å². The molecule has 1 aliphatic heterocycles. The van der Waals surface area contributed by atoms with Gasteiger partial charge in [-0.1, -0.05) is 0 Å². The van der Waals surface area contributed by atoms with E-state index >= 15 is 0 Å². The molecular weight excluding hydrogens is 240 g/mol. The minimum atomic E-state index is -0.598. The summed E-state index contributed by atoms with van der Waals surface area (Å²) in [5.41, 5.74) is 0. The van der Waals surface area contributed by atoms with Crippen molar-refractivity contribution >= 4 is 18.0 Å². The Kier molecular flexibility index (Phi) is 5.57. The summed E-state index contributed by atoms with van der Waals surface area (Å²) in [6.45, 7) is 3.12. The van der Waals surface area contributed by atoms with Gasteiger partial charge in [0.25, 0.3) is 0 Å². The summed E-state index contributed by atoms with van der Waals surface area (Å²) < 4.78 is 9.45. The van der Waals surface area contributed by atoms with Crippen molar-refractivity contribution in [3.8, 4) is 0 Å². The third-order valence-corrected chi connectivity index (χ3v) is 2.47. The lowest BCUT2D eigenvalue weighted by atomic mass is 10.4. The molecule has 0 N–H and O–H groups in total. The fourth-order valence-corrected chi connectivity index (χ4v) is 1.53. The van der Waals surface area contributed by atoms with Gasteiger partial charge >= 0.3 is 12.1 Å². The van der Waals surface area contributed by atoms with Gasteiger partial charge in [0, 0.05) is 6.54 Å². The molecule has 1 saturated heterocycles. The largest absolute Gasteiger partial charge is 0.466 e. The molecule has 0 spiro atoms. The maximum Gasteiger partial charge on any atom is 0.416 e. The molecule has 0 aliphatic carbocycles. The van der Waals surface area contributed by atoms with Gasteiger partial charge in [-0.25, -0.2) is 9.69 Å². The van der Waals surface area contributed by atoms with Crippen LogP contribution in [0.5, 0.6) is 0 Å². The molecule has 1 aliphatic rings. The van der Waals surface area contributed by atoms with Crippen molar-refractivity contribution < 1.29 is 23.9 Å². The van der Waals surface area contributed by atoms with E-state index in [1.54, 1.807) is 18.9 Å². The summed E-state index contributed by atoms with van der Waals surface area (Å²) >= 11 is 0. The third-order valence-electron chi connectivity index (χ3n) is 2.47. The van der Waals surface area contributed by atoms with Crippen LogP contribution in [0.4, 0.5) is 4.79 Å². The molecule has 7 nitrogen and oxygen atoms in total. The van der Waals surface area contributed by atoms with Gasteiger partial charge in [0.1, 0.15) is 6.61 Å². The monoisotopic (exact) mass is 258 g/mol. The Morgan fingerprint density at radius 1 is 1.50 bits per heavy atom. The van der Waals surface area contributed by atoms with Crippen LogP contribution >= 0.6 is 0 Å². The quantitative estimate of drug-likeness (QED) is 0.617. The Labute approximate surface area is 106 Å². The van der Waals surface area contributed by atoms with Crippen LogP contribution in [0.1, 0.15) is 13.3 Å². The Bertz CT molecular complexity index is 331. The minimum absolute atomic E-state index is 0.0779. The fourth-order valence-electron chi connectivity index (χ4n) is 1.53.